The van der Waals surface area contributed by atoms with Crippen molar-refractivity contribution in [1.82, 2.24) is 14.8 Å². The van der Waals surface area contributed by atoms with Crippen LogP contribution in [0.5, 0.6) is 0 Å². The molecule has 1 saturated heterocycles. The number of hydrogen-bond donors (Lipinski definition) is 0. The van der Waals surface area contributed by atoms with Crippen LogP contribution in [0.3, 0.4) is 0 Å². The zero-order chi connectivity index (χ0) is 19.4. The third kappa shape index (κ3) is 5.44. The van der Waals surface area contributed by atoms with Crippen molar-refractivity contribution in [3.8, 4) is 11.3 Å². The van der Waals surface area contributed by atoms with Crippen LogP contribution in [0.2, 0.25) is 5.02 Å². The van der Waals surface area contributed by atoms with Crippen molar-refractivity contribution in [2.24, 2.45) is 0 Å². The van der Waals surface area contributed by atoms with Crippen LogP contribution in [0, 0.1) is 0 Å². The molecule has 2 heterocycles. The summed E-state index contributed by atoms with van der Waals surface area (Å²) in [5, 5.41) is 0.634. The van der Waals surface area contributed by atoms with Gasteiger partial charge in [-0.1, -0.05) is 35.9 Å². The molecule has 1 fully saturated rings. The molecule has 1 aliphatic rings. The Labute approximate surface area is 165 Å². The van der Waals surface area contributed by atoms with E-state index in [0.717, 1.165) is 30.9 Å². The van der Waals surface area contributed by atoms with E-state index in [1.54, 1.807) is 11.1 Å². The lowest BCUT2D eigenvalue weighted by atomic mass is 10.0. The van der Waals surface area contributed by atoms with Crippen LogP contribution in [0.4, 0.5) is 4.79 Å². The summed E-state index contributed by atoms with van der Waals surface area (Å²) in [5.74, 6) is 0. The van der Waals surface area contributed by atoms with E-state index in [-0.39, 0.29) is 6.09 Å². The summed E-state index contributed by atoms with van der Waals surface area (Å²) in [5.41, 5.74) is 2.79. The Morgan fingerprint density at radius 2 is 1.81 bits per heavy atom. The van der Waals surface area contributed by atoms with Crippen LogP contribution in [0.25, 0.3) is 11.3 Å². The van der Waals surface area contributed by atoms with Crippen molar-refractivity contribution in [3.05, 3.63) is 53.2 Å². The van der Waals surface area contributed by atoms with Crippen LogP contribution in [0.1, 0.15) is 26.3 Å². The number of carbonyl (C=O) groups excluding carboxylic acids is 1. The van der Waals surface area contributed by atoms with Gasteiger partial charge in [0.1, 0.15) is 5.60 Å². The molecule has 0 N–H and O–H groups in total. The maximum atomic E-state index is 12.2. The van der Waals surface area contributed by atoms with Crippen molar-refractivity contribution in [1.29, 1.82) is 0 Å². The van der Waals surface area contributed by atoms with Crippen molar-refractivity contribution in [3.63, 3.8) is 0 Å². The quantitative estimate of drug-likeness (QED) is 0.780. The Balaban J connectivity index is 1.63. The molecule has 3 rings (SSSR count). The minimum absolute atomic E-state index is 0.229. The molecule has 0 saturated carbocycles. The molecule has 27 heavy (non-hydrogen) atoms. The van der Waals surface area contributed by atoms with E-state index in [2.05, 4.69) is 22.0 Å². The van der Waals surface area contributed by atoms with Gasteiger partial charge in [0.25, 0.3) is 0 Å². The van der Waals surface area contributed by atoms with Crippen molar-refractivity contribution < 1.29 is 9.53 Å². The van der Waals surface area contributed by atoms with E-state index in [4.69, 9.17) is 16.3 Å². The third-order valence-corrected chi connectivity index (χ3v) is 4.66. The summed E-state index contributed by atoms with van der Waals surface area (Å²) in [6, 6.07) is 12.1. The van der Waals surface area contributed by atoms with Gasteiger partial charge in [-0.2, -0.15) is 0 Å². The number of pyridine rings is 1. The molecular weight excluding hydrogens is 362 g/mol. The molecule has 0 spiro atoms. The lowest BCUT2D eigenvalue weighted by molar-refractivity contribution is 0.0139. The molecule has 0 atom stereocenters. The number of ether oxygens (including phenoxy) is 1. The van der Waals surface area contributed by atoms with Gasteiger partial charge in [-0.05, 0) is 38.5 Å². The number of hydrogen-bond acceptors (Lipinski definition) is 4. The molecule has 6 heteroatoms. The van der Waals surface area contributed by atoms with Crippen molar-refractivity contribution in [2.45, 2.75) is 32.9 Å². The van der Waals surface area contributed by atoms with Crippen LogP contribution in [-0.2, 0) is 11.3 Å². The van der Waals surface area contributed by atoms with Crippen LogP contribution >= 0.6 is 11.6 Å². The number of amides is 1. The standard InChI is InChI=1S/C21H26ClN3O2/c1-21(2,3)27-20(26)25-12-10-24(11-13-25)15-16-6-4-5-7-18(16)19-9-8-17(22)14-23-19/h4-9,14H,10-13,15H2,1-3H3. The fourth-order valence-corrected chi connectivity index (χ4v) is 3.21. The lowest BCUT2D eigenvalue weighted by Gasteiger charge is -2.35. The highest BCUT2D eigenvalue weighted by molar-refractivity contribution is 6.30. The molecule has 5 nitrogen and oxygen atoms in total. The van der Waals surface area contributed by atoms with E-state index in [0.29, 0.717) is 18.1 Å². The Morgan fingerprint density at radius 3 is 2.44 bits per heavy atom. The van der Waals surface area contributed by atoms with Gasteiger partial charge in [0.2, 0.25) is 0 Å². The molecule has 0 unspecified atom stereocenters. The molecule has 1 aliphatic heterocycles. The minimum Gasteiger partial charge on any atom is -0.444 e. The normalized spacial score (nSPS) is 15.6. The molecule has 0 radical (unpaired) electrons. The molecule has 1 aromatic heterocycles. The van der Waals surface area contributed by atoms with E-state index >= 15 is 0 Å². The first-order valence-corrected chi connectivity index (χ1v) is 9.60. The predicted molar refractivity (Wildman–Crippen MR) is 108 cm³/mol. The van der Waals surface area contributed by atoms with E-state index < -0.39 is 5.60 Å². The van der Waals surface area contributed by atoms with Gasteiger partial charge in [-0.15, -0.1) is 0 Å². The summed E-state index contributed by atoms with van der Waals surface area (Å²) in [6.07, 6.45) is 1.45. The molecule has 1 amide bonds. The Bertz CT molecular complexity index is 779. The topological polar surface area (TPSA) is 45.7 Å². The first kappa shape index (κ1) is 19.6. The van der Waals surface area contributed by atoms with Gasteiger partial charge in [0.05, 0.1) is 10.7 Å². The number of nitrogens with zero attached hydrogens (tertiary/aromatic N) is 3. The molecule has 1 aromatic carbocycles. The summed E-state index contributed by atoms with van der Waals surface area (Å²) in [7, 11) is 0. The van der Waals surface area contributed by atoms with Gasteiger partial charge >= 0.3 is 6.09 Å². The SMILES string of the molecule is CC(C)(C)OC(=O)N1CCN(Cc2ccccc2-c2ccc(Cl)cn2)CC1. The summed E-state index contributed by atoms with van der Waals surface area (Å²) in [6.45, 7) is 9.49. The zero-order valence-corrected chi connectivity index (χ0v) is 16.9. The maximum absolute atomic E-state index is 12.2. The molecular formula is C21H26ClN3O2. The first-order chi connectivity index (χ1) is 12.8. The Morgan fingerprint density at radius 1 is 1.11 bits per heavy atom. The van der Waals surface area contributed by atoms with Gasteiger partial charge in [0, 0.05) is 44.5 Å². The highest BCUT2D eigenvalue weighted by Gasteiger charge is 2.26. The van der Waals surface area contributed by atoms with Gasteiger partial charge in [-0.25, -0.2) is 4.79 Å². The fraction of sp³-hybridized carbons (Fsp3) is 0.429. The van der Waals surface area contributed by atoms with Crippen LogP contribution < -0.4 is 0 Å². The van der Waals surface area contributed by atoms with Crippen LogP contribution in [-0.4, -0.2) is 52.7 Å². The molecule has 2 aromatic rings. The van der Waals surface area contributed by atoms with Crippen molar-refractivity contribution in [2.75, 3.05) is 26.2 Å². The molecule has 144 valence electrons. The van der Waals surface area contributed by atoms with E-state index in [1.165, 1.54) is 5.56 Å². The number of aromatic nitrogens is 1. The third-order valence-electron chi connectivity index (χ3n) is 4.44. The minimum atomic E-state index is -0.460. The maximum Gasteiger partial charge on any atom is 0.410 e. The lowest BCUT2D eigenvalue weighted by Crippen LogP contribution is -2.49. The van der Waals surface area contributed by atoms with Gasteiger partial charge < -0.3 is 9.64 Å². The number of benzene rings is 1. The van der Waals surface area contributed by atoms with Gasteiger partial charge in [-0.3, -0.25) is 9.88 Å². The number of rotatable bonds is 3. The number of halogens is 1. The largest absolute Gasteiger partial charge is 0.444 e. The van der Waals surface area contributed by atoms with Gasteiger partial charge in [0.15, 0.2) is 0 Å². The smallest absolute Gasteiger partial charge is 0.410 e. The van der Waals surface area contributed by atoms with E-state index in [1.807, 2.05) is 45.0 Å². The predicted octanol–water partition coefficient (Wildman–Crippen LogP) is 4.45. The summed E-state index contributed by atoms with van der Waals surface area (Å²) in [4.78, 5) is 20.8. The van der Waals surface area contributed by atoms with E-state index in [9.17, 15) is 4.79 Å². The summed E-state index contributed by atoms with van der Waals surface area (Å²) < 4.78 is 5.47. The molecule has 0 bridgehead atoms. The number of piperazine rings is 1. The molecule has 0 aliphatic carbocycles. The summed E-state index contributed by atoms with van der Waals surface area (Å²) >= 11 is 5.96. The fourth-order valence-electron chi connectivity index (χ4n) is 3.10. The van der Waals surface area contributed by atoms with Crippen molar-refractivity contribution >= 4 is 17.7 Å². The number of carbonyl (C=O) groups is 1. The average Bonchev–Trinajstić information content (AvgIpc) is 2.62. The zero-order valence-electron chi connectivity index (χ0n) is 16.1. The Hall–Kier alpha value is -2.11. The second-order valence-electron chi connectivity index (χ2n) is 7.76. The second kappa shape index (κ2) is 8.28. The van der Waals surface area contributed by atoms with Crippen LogP contribution in [0.15, 0.2) is 42.6 Å². The highest BCUT2D eigenvalue weighted by Crippen LogP contribution is 2.24. The monoisotopic (exact) mass is 387 g/mol. The average molecular weight is 388 g/mol. The second-order valence-corrected chi connectivity index (χ2v) is 8.20. The first-order valence-electron chi connectivity index (χ1n) is 9.22. The Kier molecular flexibility index (Phi) is 6.02. The highest BCUT2D eigenvalue weighted by atomic mass is 35.5.